The molecule has 37 heavy (non-hydrogen) atoms. The van der Waals surface area contributed by atoms with Crippen LogP contribution in [0.2, 0.25) is 5.02 Å². The number of rotatable bonds is 9. The zero-order valence-corrected chi connectivity index (χ0v) is 22.6. The molecule has 198 valence electrons. The summed E-state index contributed by atoms with van der Waals surface area (Å²) in [4.78, 5) is 22.1. The van der Waals surface area contributed by atoms with E-state index in [1.807, 2.05) is 0 Å². The van der Waals surface area contributed by atoms with E-state index in [2.05, 4.69) is 19.5 Å². The van der Waals surface area contributed by atoms with Gasteiger partial charge in [-0.2, -0.15) is 8.42 Å². The highest BCUT2D eigenvalue weighted by atomic mass is 35.5. The minimum atomic E-state index is -4.14. The van der Waals surface area contributed by atoms with E-state index in [-0.39, 0.29) is 50.1 Å². The number of halogens is 1. The molecule has 0 amide bonds. The van der Waals surface area contributed by atoms with Crippen molar-refractivity contribution in [1.29, 1.82) is 0 Å². The number of thiophene rings is 1. The Hall–Kier alpha value is -2.46. The van der Waals surface area contributed by atoms with Gasteiger partial charge in [-0.25, -0.2) is 23.5 Å². The zero-order valence-electron chi connectivity index (χ0n) is 19.4. The highest BCUT2D eigenvalue weighted by Gasteiger charge is 2.35. The lowest BCUT2D eigenvalue weighted by molar-refractivity contribution is 0.101. The fourth-order valence-electron chi connectivity index (χ4n) is 4.12. The van der Waals surface area contributed by atoms with E-state index in [1.54, 1.807) is 13.0 Å². The Kier molecular flexibility index (Phi) is 7.99. The molecule has 11 nitrogen and oxygen atoms in total. The second kappa shape index (κ2) is 10.7. The van der Waals surface area contributed by atoms with Gasteiger partial charge in [0, 0.05) is 28.1 Å². The largest absolute Gasteiger partial charge is 0.393 e. The number of sulfone groups is 1. The minimum absolute atomic E-state index is 0.00564. The van der Waals surface area contributed by atoms with Crippen LogP contribution in [0.3, 0.4) is 0 Å². The predicted octanol–water partition coefficient (Wildman–Crippen LogP) is 2.34. The van der Waals surface area contributed by atoms with E-state index < -0.39 is 37.9 Å². The van der Waals surface area contributed by atoms with Crippen LogP contribution in [-0.2, 0) is 24.3 Å². The average Bonchev–Trinajstić information content (AvgIpc) is 3.39. The van der Waals surface area contributed by atoms with Crippen LogP contribution in [-0.4, -0.2) is 56.4 Å². The van der Waals surface area contributed by atoms with Crippen molar-refractivity contribution in [2.45, 2.75) is 41.7 Å². The van der Waals surface area contributed by atoms with Gasteiger partial charge in [-0.1, -0.05) is 17.7 Å². The van der Waals surface area contributed by atoms with Gasteiger partial charge < -0.3 is 10.4 Å². The van der Waals surface area contributed by atoms with Crippen molar-refractivity contribution < 1.29 is 30.9 Å². The number of carbonyl (C=O) groups is 1. The van der Waals surface area contributed by atoms with Crippen LogP contribution in [0, 0.1) is 12.8 Å². The molecule has 0 spiro atoms. The number of carbonyl (C=O) groups excluding carboxylic acids is 1. The first-order valence-corrected chi connectivity index (χ1v) is 15.1. The van der Waals surface area contributed by atoms with Crippen LogP contribution in [0.5, 0.6) is 0 Å². The number of nitrogens with zero attached hydrogens (tertiary/aromatic N) is 2. The predicted molar refractivity (Wildman–Crippen MR) is 137 cm³/mol. The number of aliphatic hydroxyl groups excluding tert-OH is 1. The lowest BCUT2D eigenvalue weighted by atomic mass is 10.1. The fourth-order valence-corrected chi connectivity index (χ4v) is 7.59. The van der Waals surface area contributed by atoms with Gasteiger partial charge in [-0.3, -0.25) is 8.98 Å². The number of nitrogens with two attached hydrogens (primary N) is 1. The number of hydrogen-bond donors (Lipinski definition) is 3. The Morgan fingerprint density at radius 1 is 1.27 bits per heavy atom. The van der Waals surface area contributed by atoms with Gasteiger partial charge >= 0.3 is 10.3 Å². The smallest absolute Gasteiger partial charge is 0.333 e. The Labute approximate surface area is 222 Å². The first-order chi connectivity index (χ1) is 17.3. The molecule has 3 aromatic rings. The first kappa shape index (κ1) is 27.6. The van der Waals surface area contributed by atoms with Crippen LogP contribution in [0.1, 0.15) is 33.0 Å². The third-order valence-electron chi connectivity index (χ3n) is 5.89. The second-order valence-corrected chi connectivity index (χ2v) is 13.4. The first-order valence-electron chi connectivity index (χ1n) is 10.9. The Bertz CT molecular complexity index is 1540. The third kappa shape index (κ3) is 6.34. The van der Waals surface area contributed by atoms with Crippen LogP contribution >= 0.6 is 22.9 Å². The molecule has 0 saturated heterocycles. The standard InChI is InChI=1S/C22H23ClN4O7S3/c1-12-20(36(30,31)16-4-2-3-14(23)6-16)8-19(35-12)21(29)17-9-25-11-26-22(17)27-15-5-13(18(28)7-15)10-34-37(24,32)33/h2-4,6,8-9,11,13,15,18,28H,5,7,10H2,1H3,(H2,24,32,33)(H,25,26,27)/t13-,15-,18+/m1/s1. The van der Waals surface area contributed by atoms with E-state index in [9.17, 15) is 26.7 Å². The summed E-state index contributed by atoms with van der Waals surface area (Å²) in [6.45, 7) is 1.34. The van der Waals surface area contributed by atoms with Crippen LogP contribution < -0.4 is 10.5 Å². The van der Waals surface area contributed by atoms with Crippen molar-refractivity contribution in [2.75, 3.05) is 11.9 Å². The van der Waals surface area contributed by atoms with Gasteiger partial charge in [0.2, 0.25) is 15.6 Å². The maximum absolute atomic E-state index is 13.4. The molecule has 1 aliphatic rings. The molecule has 1 fully saturated rings. The quantitative estimate of drug-likeness (QED) is 0.315. The van der Waals surface area contributed by atoms with Crippen LogP contribution in [0.15, 0.2) is 52.6 Å². The maximum Gasteiger partial charge on any atom is 0.333 e. The van der Waals surface area contributed by atoms with Crippen molar-refractivity contribution in [3.63, 3.8) is 0 Å². The number of aromatic nitrogens is 2. The normalized spacial score (nSPS) is 20.2. The van der Waals surface area contributed by atoms with Gasteiger partial charge in [0.05, 0.1) is 32.9 Å². The van der Waals surface area contributed by atoms with Gasteiger partial charge in [0.1, 0.15) is 12.1 Å². The number of anilines is 1. The molecule has 3 atom stereocenters. The van der Waals surface area contributed by atoms with E-state index in [0.717, 1.165) is 11.3 Å². The summed E-state index contributed by atoms with van der Waals surface area (Å²) in [6.07, 6.45) is 2.33. The van der Waals surface area contributed by atoms with Crippen LogP contribution in [0.4, 0.5) is 5.82 Å². The highest BCUT2D eigenvalue weighted by molar-refractivity contribution is 7.91. The summed E-state index contributed by atoms with van der Waals surface area (Å²) < 4.78 is 53.1. The summed E-state index contributed by atoms with van der Waals surface area (Å²) in [5.41, 5.74) is 0.120. The van der Waals surface area contributed by atoms with Gasteiger partial charge in [-0.15, -0.1) is 11.3 Å². The summed E-state index contributed by atoms with van der Waals surface area (Å²) in [5.74, 6) is -0.761. The number of benzene rings is 1. The van der Waals surface area contributed by atoms with E-state index in [4.69, 9.17) is 16.7 Å². The lowest BCUT2D eigenvalue weighted by Gasteiger charge is -2.15. The number of nitrogens with one attached hydrogen (secondary N) is 1. The summed E-state index contributed by atoms with van der Waals surface area (Å²) in [5, 5.41) is 18.5. The topological polar surface area (TPSA) is 179 Å². The molecule has 4 rings (SSSR count). The Morgan fingerprint density at radius 3 is 2.73 bits per heavy atom. The third-order valence-corrected chi connectivity index (χ3v) is 9.65. The molecule has 1 saturated carbocycles. The van der Waals surface area contributed by atoms with Crippen LogP contribution in [0.25, 0.3) is 0 Å². The van der Waals surface area contributed by atoms with Crippen molar-refractivity contribution in [3.8, 4) is 0 Å². The van der Waals surface area contributed by atoms with E-state index in [0.29, 0.717) is 11.3 Å². The van der Waals surface area contributed by atoms with E-state index >= 15 is 0 Å². The maximum atomic E-state index is 13.4. The Morgan fingerprint density at radius 2 is 2.03 bits per heavy atom. The molecular weight excluding hydrogens is 564 g/mol. The van der Waals surface area contributed by atoms with Crippen molar-refractivity contribution in [2.24, 2.45) is 11.1 Å². The monoisotopic (exact) mass is 586 g/mol. The Balaban J connectivity index is 1.55. The number of ketones is 1. The molecule has 2 heterocycles. The molecular formula is C22H23ClN4O7S3. The highest BCUT2D eigenvalue weighted by Crippen LogP contribution is 2.34. The fraction of sp³-hybridized carbons (Fsp3) is 0.318. The van der Waals surface area contributed by atoms with Gasteiger partial charge in [0.15, 0.2) is 0 Å². The second-order valence-electron chi connectivity index (χ2n) is 8.52. The van der Waals surface area contributed by atoms with Crippen molar-refractivity contribution in [3.05, 3.63) is 63.2 Å². The van der Waals surface area contributed by atoms with Crippen molar-refractivity contribution in [1.82, 2.24) is 9.97 Å². The summed E-state index contributed by atoms with van der Waals surface area (Å²) >= 11 is 7.00. The molecule has 0 unspecified atom stereocenters. The van der Waals surface area contributed by atoms with Gasteiger partial charge in [-0.05, 0) is 44.0 Å². The molecule has 1 aromatic carbocycles. The molecule has 1 aliphatic carbocycles. The van der Waals surface area contributed by atoms with E-state index in [1.165, 1.54) is 36.8 Å². The molecule has 4 N–H and O–H groups in total. The zero-order chi connectivity index (χ0) is 27.0. The summed E-state index contributed by atoms with van der Waals surface area (Å²) in [6, 6.07) is 6.88. The number of hydrogen-bond acceptors (Lipinski definition) is 11. The number of aliphatic hydroxyl groups is 1. The summed E-state index contributed by atoms with van der Waals surface area (Å²) in [7, 11) is -8.05. The van der Waals surface area contributed by atoms with Gasteiger partial charge in [0.25, 0.3) is 0 Å². The molecule has 0 radical (unpaired) electrons. The average molecular weight is 587 g/mol. The number of aryl methyl sites for hydroxylation is 1. The lowest BCUT2D eigenvalue weighted by Crippen LogP contribution is -2.24. The SMILES string of the molecule is Cc1sc(C(=O)c2cncnc2N[C@@H]2C[C@H](COS(N)(=O)=O)[C@@H](O)C2)cc1S(=O)(=O)c1cccc(Cl)c1. The molecule has 2 aromatic heterocycles. The molecule has 15 heteroatoms. The molecule has 0 aliphatic heterocycles. The molecule has 0 bridgehead atoms. The minimum Gasteiger partial charge on any atom is -0.393 e. The van der Waals surface area contributed by atoms with Crippen molar-refractivity contribution >= 4 is 54.7 Å².